The van der Waals surface area contributed by atoms with Gasteiger partial charge in [-0.05, 0) is 29.8 Å². The SMILES string of the molecule is NC1=N[C@@H](c2ccc(-c3ccccc3)s2)n2c(nc3ccccc32)N1. The number of thiophene rings is 1. The van der Waals surface area contributed by atoms with E-state index in [-0.39, 0.29) is 6.17 Å². The zero-order chi connectivity index (χ0) is 16.8. The van der Waals surface area contributed by atoms with Crippen LogP contribution in [-0.2, 0) is 0 Å². The van der Waals surface area contributed by atoms with Gasteiger partial charge in [-0.3, -0.25) is 9.88 Å². The first kappa shape index (κ1) is 14.2. The Labute approximate surface area is 148 Å². The molecule has 0 saturated carbocycles. The van der Waals surface area contributed by atoms with Crippen molar-refractivity contribution in [3.8, 4) is 10.4 Å². The largest absolute Gasteiger partial charge is 0.370 e. The van der Waals surface area contributed by atoms with E-state index in [4.69, 9.17) is 5.73 Å². The summed E-state index contributed by atoms with van der Waals surface area (Å²) in [4.78, 5) is 11.6. The van der Waals surface area contributed by atoms with Gasteiger partial charge in [-0.2, -0.15) is 0 Å². The van der Waals surface area contributed by atoms with Crippen molar-refractivity contribution in [3.05, 3.63) is 71.6 Å². The molecule has 122 valence electrons. The van der Waals surface area contributed by atoms with Gasteiger partial charge in [0.05, 0.1) is 15.9 Å². The number of guanidine groups is 1. The second-order valence-corrected chi connectivity index (χ2v) is 6.99. The van der Waals surface area contributed by atoms with Gasteiger partial charge >= 0.3 is 0 Å². The molecule has 0 saturated heterocycles. The molecule has 2 aromatic carbocycles. The number of imidazole rings is 1. The zero-order valence-corrected chi connectivity index (χ0v) is 14.1. The third kappa shape index (κ3) is 2.30. The van der Waals surface area contributed by atoms with Crippen LogP contribution in [0.4, 0.5) is 5.95 Å². The molecule has 6 heteroatoms. The molecule has 0 bridgehead atoms. The van der Waals surface area contributed by atoms with Gasteiger partial charge in [0, 0.05) is 4.88 Å². The first-order valence-electron chi connectivity index (χ1n) is 8.02. The smallest absolute Gasteiger partial charge is 0.212 e. The van der Waals surface area contributed by atoms with Gasteiger partial charge < -0.3 is 5.73 Å². The molecule has 5 nitrogen and oxygen atoms in total. The van der Waals surface area contributed by atoms with Crippen LogP contribution in [-0.4, -0.2) is 15.5 Å². The summed E-state index contributed by atoms with van der Waals surface area (Å²) in [5.41, 5.74) is 9.19. The van der Waals surface area contributed by atoms with Crippen molar-refractivity contribution in [2.24, 2.45) is 10.7 Å². The maximum absolute atomic E-state index is 6.01. The number of hydrogen-bond donors (Lipinski definition) is 2. The van der Waals surface area contributed by atoms with Crippen molar-refractivity contribution < 1.29 is 0 Å². The van der Waals surface area contributed by atoms with Crippen molar-refractivity contribution in [2.75, 3.05) is 5.32 Å². The second kappa shape index (κ2) is 5.46. The third-order valence-electron chi connectivity index (χ3n) is 4.28. The highest BCUT2D eigenvalue weighted by Gasteiger charge is 2.26. The number of rotatable bonds is 2. The second-order valence-electron chi connectivity index (χ2n) is 5.88. The van der Waals surface area contributed by atoms with Gasteiger partial charge in [-0.1, -0.05) is 42.5 Å². The predicted molar refractivity (Wildman–Crippen MR) is 103 cm³/mol. The van der Waals surface area contributed by atoms with E-state index >= 15 is 0 Å². The van der Waals surface area contributed by atoms with Crippen LogP contribution >= 0.6 is 11.3 Å². The lowest BCUT2D eigenvalue weighted by Gasteiger charge is -2.22. The van der Waals surface area contributed by atoms with Crippen LogP contribution in [0.5, 0.6) is 0 Å². The Morgan fingerprint density at radius 3 is 2.64 bits per heavy atom. The number of para-hydroxylation sites is 2. The number of benzene rings is 2. The number of nitrogens with two attached hydrogens (primary N) is 1. The average molecular weight is 345 g/mol. The molecule has 3 N–H and O–H groups in total. The zero-order valence-electron chi connectivity index (χ0n) is 13.3. The van der Waals surface area contributed by atoms with E-state index in [2.05, 4.69) is 62.3 Å². The number of aromatic nitrogens is 2. The van der Waals surface area contributed by atoms with E-state index in [1.807, 2.05) is 24.3 Å². The van der Waals surface area contributed by atoms with Gasteiger partial charge in [-0.15, -0.1) is 11.3 Å². The maximum atomic E-state index is 6.01. The van der Waals surface area contributed by atoms with Crippen molar-refractivity contribution >= 4 is 34.3 Å². The number of nitrogens with one attached hydrogen (secondary N) is 1. The summed E-state index contributed by atoms with van der Waals surface area (Å²) in [6.07, 6.45) is -0.203. The van der Waals surface area contributed by atoms with E-state index in [9.17, 15) is 0 Å². The quantitative estimate of drug-likeness (QED) is 0.576. The normalized spacial score (nSPS) is 16.3. The number of anilines is 1. The summed E-state index contributed by atoms with van der Waals surface area (Å²) >= 11 is 1.73. The van der Waals surface area contributed by atoms with Crippen LogP contribution in [0, 0.1) is 0 Å². The van der Waals surface area contributed by atoms with E-state index in [1.165, 1.54) is 10.4 Å². The summed E-state index contributed by atoms with van der Waals surface area (Å²) in [6.45, 7) is 0. The fourth-order valence-corrected chi connectivity index (χ4v) is 4.20. The first-order valence-corrected chi connectivity index (χ1v) is 8.84. The van der Waals surface area contributed by atoms with Crippen LogP contribution < -0.4 is 11.1 Å². The minimum atomic E-state index is -0.203. The highest BCUT2D eigenvalue weighted by atomic mass is 32.1. The fourth-order valence-electron chi connectivity index (χ4n) is 3.16. The molecule has 1 aliphatic heterocycles. The summed E-state index contributed by atoms with van der Waals surface area (Å²) < 4.78 is 2.10. The Morgan fingerprint density at radius 1 is 0.960 bits per heavy atom. The van der Waals surface area contributed by atoms with Gasteiger partial charge in [0.2, 0.25) is 5.95 Å². The van der Waals surface area contributed by atoms with E-state index in [0.29, 0.717) is 5.96 Å². The Hall–Kier alpha value is -3.12. The van der Waals surface area contributed by atoms with Gasteiger partial charge in [0.25, 0.3) is 0 Å². The molecular formula is C19H15N5S. The Bertz CT molecular complexity index is 1090. The lowest BCUT2D eigenvalue weighted by molar-refractivity contribution is 0.637. The van der Waals surface area contributed by atoms with Gasteiger partial charge in [-0.25, -0.2) is 9.98 Å². The molecular weight excluding hydrogens is 330 g/mol. The minimum Gasteiger partial charge on any atom is -0.370 e. The van der Waals surface area contributed by atoms with E-state index in [1.54, 1.807) is 11.3 Å². The van der Waals surface area contributed by atoms with Crippen molar-refractivity contribution in [1.29, 1.82) is 0 Å². The Morgan fingerprint density at radius 2 is 1.76 bits per heavy atom. The lowest BCUT2D eigenvalue weighted by Crippen LogP contribution is -2.31. The summed E-state index contributed by atoms with van der Waals surface area (Å²) in [7, 11) is 0. The monoisotopic (exact) mass is 345 g/mol. The van der Waals surface area contributed by atoms with Crippen LogP contribution in [0.3, 0.4) is 0 Å². The standard InChI is InChI=1S/C19H15N5S/c20-18-22-17(16-11-10-15(25-16)12-6-2-1-3-7-12)24-14-9-5-4-8-13(14)21-19(24)23-18/h1-11,17H,(H3,20,21,22,23)/t17-/m1/s1. The first-order chi connectivity index (χ1) is 12.3. The highest BCUT2D eigenvalue weighted by Crippen LogP contribution is 2.38. The minimum absolute atomic E-state index is 0.203. The molecule has 0 unspecified atom stereocenters. The van der Waals surface area contributed by atoms with Crippen molar-refractivity contribution in [3.63, 3.8) is 0 Å². The summed E-state index contributed by atoms with van der Waals surface area (Å²) in [5, 5.41) is 3.07. The molecule has 1 atom stereocenters. The Kier molecular flexibility index (Phi) is 3.11. The molecule has 5 rings (SSSR count). The van der Waals surface area contributed by atoms with Gasteiger partial charge in [0.1, 0.15) is 0 Å². The highest BCUT2D eigenvalue weighted by molar-refractivity contribution is 7.15. The maximum Gasteiger partial charge on any atom is 0.212 e. The van der Waals surface area contributed by atoms with Crippen molar-refractivity contribution in [1.82, 2.24) is 9.55 Å². The molecule has 0 amide bonds. The number of fused-ring (bicyclic) bond motifs is 3. The van der Waals surface area contributed by atoms with Crippen LogP contribution in [0.2, 0.25) is 0 Å². The molecule has 1 aliphatic rings. The fraction of sp³-hybridized carbons (Fsp3) is 0.0526. The van der Waals surface area contributed by atoms with Crippen LogP contribution in [0.25, 0.3) is 21.5 Å². The average Bonchev–Trinajstić information content (AvgIpc) is 3.26. The van der Waals surface area contributed by atoms with Crippen LogP contribution in [0.1, 0.15) is 11.0 Å². The molecule has 0 spiro atoms. The summed E-state index contributed by atoms with van der Waals surface area (Å²) in [6, 6.07) is 22.7. The number of aliphatic imine (C=N–C) groups is 1. The molecule has 0 aliphatic carbocycles. The number of nitrogens with zero attached hydrogens (tertiary/aromatic N) is 3. The Balaban J connectivity index is 1.65. The molecule has 25 heavy (non-hydrogen) atoms. The number of hydrogen-bond acceptors (Lipinski definition) is 5. The molecule has 0 radical (unpaired) electrons. The van der Waals surface area contributed by atoms with Gasteiger partial charge in [0.15, 0.2) is 12.1 Å². The van der Waals surface area contributed by atoms with Crippen LogP contribution in [0.15, 0.2) is 71.7 Å². The van der Waals surface area contributed by atoms with E-state index < -0.39 is 0 Å². The predicted octanol–water partition coefficient (Wildman–Crippen LogP) is 4.05. The molecule has 2 aromatic heterocycles. The van der Waals surface area contributed by atoms with E-state index in [0.717, 1.165) is 21.9 Å². The summed E-state index contributed by atoms with van der Waals surface area (Å²) in [5.74, 6) is 1.12. The molecule has 0 fully saturated rings. The third-order valence-corrected chi connectivity index (χ3v) is 5.46. The molecule has 4 aromatic rings. The lowest BCUT2D eigenvalue weighted by atomic mass is 10.2. The topological polar surface area (TPSA) is 68.2 Å². The van der Waals surface area contributed by atoms with Crippen molar-refractivity contribution in [2.45, 2.75) is 6.17 Å². The molecule has 3 heterocycles.